The number of hydrogen-bond acceptors (Lipinski definition) is 5. The summed E-state index contributed by atoms with van der Waals surface area (Å²) >= 11 is 0. The summed E-state index contributed by atoms with van der Waals surface area (Å²) in [5.41, 5.74) is 1.63. The van der Waals surface area contributed by atoms with Crippen LogP contribution in [0.25, 0.3) is 0 Å². The predicted molar refractivity (Wildman–Crippen MR) is 121 cm³/mol. The molecule has 164 valence electrons. The van der Waals surface area contributed by atoms with Gasteiger partial charge in [0.25, 0.3) is 5.91 Å². The fraction of sp³-hybridized carbons (Fsp3) is 0.200. The van der Waals surface area contributed by atoms with Gasteiger partial charge < -0.3 is 9.64 Å². The molecule has 32 heavy (non-hydrogen) atoms. The van der Waals surface area contributed by atoms with Crippen molar-refractivity contribution in [3.63, 3.8) is 0 Å². The summed E-state index contributed by atoms with van der Waals surface area (Å²) < 4.78 is 30.8. The average molecular weight is 450 g/mol. The molecular formula is C25H23NO5S. The Labute approximate surface area is 187 Å². The van der Waals surface area contributed by atoms with Crippen molar-refractivity contribution in [2.75, 3.05) is 11.5 Å². The maximum Gasteiger partial charge on any atom is 0.338 e. The molecule has 0 bridgehead atoms. The Hall–Kier alpha value is -3.45. The molecule has 1 saturated heterocycles. The zero-order chi connectivity index (χ0) is 22.6. The van der Waals surface area contributed by atoms with E-state index >= 15 is 0 Å². The van der Waals surface area contributed by atoms with E-state index in [-0.39, 0.29) is 24.0 Å². The predicted octanol–water partition coefficient (Wildman–Crippen LogP) is 3.35. The number of rotatable bonds is 6. The van der Waals surface area contributed by atoms with E-state index in [1.54, 1.807) is 54.6 Å². The lowest BCUT2D eigenvalue weighted by molar-refractivity contribution is 0.0118. The lowest BCUT2D eigenvalue weighted by Gasteiger charge is -2.32. The van der Waals surface area contributed by atoms with Crippen LogP contribution < -0.4 is 0 Å². The molecule has 2 atom stereocenters. The second-order valence-corrected chi connectivity index (χ2v) is 9.89. The van der Waals surface area contributed by atoms with Crippen LogP contribution in [-0.2, 0) is 21.1 Å². The fourth-order valence-electron chi connectivity index (χ4n) is 3.85. The van der Waals surface area contributed by atoms with Crippen molar-refractivity contribution >= 4 is 21.7 Å². The Morgan fingerprint density at radius 1 is 0.781 bits per heavy atom. The monoisotopic (exact) mass is 449 g/mol. The average Bonchev–Trinajstić information content (AvgIpc) is 3.12. The van der Waals surface area contributed by atoms with Gasteiger partial charge in [-0.2, -0.15) is 0 Å². The number of benzene rings is 3. The molecule has 1 amide bonds. The van der Waals surface area contributed by atoms with Crippen molar-refractivity contribution in [3.05, 3.63) is 108 Å². The number of carbonyl (C=O) groups excluding carboxylic acids is 2. The molecule has 1 heterocycles. The summed E-state index contributed by atoms with van der Waals surface area (Å²) in [5, 5.41) is 0. The van der Waals surface area contributed by atoms with Crippen LogP contribution in [0.2, 0.25) is 0 Å². The second-order valence-electron chi connectivity index (χ2n) is 7.74. The van der Waals surface area contributed by atoms with Gasteiger partial charge in [0.1, 0.15) is 6.10 Å². The summed E-state index contributed by atoms with van der Waals surface area (Å²) in [4.78, 5) is 27.6. The molecule has 0 aliphatic carbocycles. The topological polar surface area (TPSA) is 80.8 Å². The number of sulfone groups is 1. The Morgan fingerprint density at radius 2 is 1.31 bits per heavy atom. The number of esters is 1. The van der Waals surface area contributed by atoms with Crippen LogP contribution in [0.1, 0.15) is 26.3 Å². The van der Waals surface area contributed by atoms with E-state index < -0.39 is 28.0 Å². The van der Waals surface area contributed by atoms with Crippen LogP contribution >= 0.6 is 0 Å². The number of hydrogen-bond donors (Lipinski definition) is 0. The normalized spacial score (nSPS) is 19.2. The minimum Gasteiger partial charge on any atom is -0.455 e. The first-order chi connectivity index (χ1) is 15.4. The van der Waals surface area contributed by atoms with Gasteiger partial charge in [0.15, 0.2) is 9.84 Å². The van der Waals surface area contributed by atoms with Crippen LogP contribution in [0, 0.1) is 0 Å². The smallest absolute Gasteiger partial charge is 0.338 e. The standard InChI is InChI=1S/C25H23NO5S/c27-24(20-12-6-2-7-13-20)26(16-19-10-4-1-5-11-19)22-17-32(29,30)18-23(22)31-25(28)21-14-8-3-9-15-21/h1-15,22-23H,16-18H2/t22-,23+/m1/s1. The summed E-state index contributed by atoms with van der Waals surface area (Å²) in [6.45, 7) is 0.203. The lowest BCUT2D eigenvalue weighted by Crippen LogP contribution is -2.47. The maximum atomic E-state index is 13.4. The largest absolute Gasteiger partial charge is 0.455 e. The van der Waals surface area contributed by atoms with Crippen molar-refractivity contribution in [2.45, 2.75) is 18.7 Å². The van der Waals surface area contributed by atoms with E-state index in [2.05, 4.69) is 0 Å². The SMILES string of the molecule is O=C(O[C@H]1CS(=O)(=O)C[C@H]1N(Cc1ccccc1)C(=O)c1ccccc1)c1ccccc1. The zero-order valence-electron chi connectivity index (χ0n) is 17.3. The Kier molecular flexibility index (Phi) is 6.37. The lowest BCUT2D eigenvalue weighted by atomic mass is 10.1. The molecule has 0 aromatic heterocycles. The molecule has 0 spiro atoms. The highest BCUT2D eigenvalue weighted by molar-refractivity contribution is 7.91. The molecule has 4 rings (SSSR count). The van der Waals surface area contributed by atoms with E-state index in [0.717, 1.165) is 5.56 Å². The fourth-order valence-corrected chi connectivity index (χ4v) is 5.69. The van der Waals surface area contributed by atoms with Gasteiger partial charge in [-0.05, 0) is 29.8 Å². The highest BCUT2D eigenvalue weighted by atomic mass is 32.2. The molecule has 0 saturated carbocycles. The van der Waals surface area contributed by atoms with Gasteiger partial charge in [0.2, 0.25) is 0 Å². The number of carbonyl (C=O) groups is 2. The minimum atomic E-state index is -3.50. The maximum absolute atomic E-state index is 13.4. The minimum absolute atomic E-state index is 0.203. The van der Waals surface area contributed by atoms with Gasteiger partial charge in [-0.3, -0.25) is 4.79 Å². The van der Waals surface area contributed by atoms with Crippen LogP contribution in [-0.4, -0.2) is 48.8 Å². The van der Waals surface area contributed by atoms with Gasteiger partial charge in [-0.15, -0.1) is 0 Å². The van der Waals surface area contributed by atoms with E-state index in [9.17, 15) is 18.0 Å². The van der Waals surface area contributed by atoms with Crippen molar-refractivity contribution in [1.29, 1.82) is 0 Å². The van der Waals surface area contributed by atoms with Crippen molar-refractivity contribution in [1.82, 2.24) is 4.90 Å². The van der Waals surface area contributed by atoms with Gasteiger partial charge in [0.05, 0.1) is 23.1 Å². The van der Waals surface area contributed by atoms with E-state index in [0.29, 0.717) is 11.1 Å². The molecule has 6 nitrogen and oxygen atoms in total. The first-order valence-electron chi connectivity index (χ1n) is 10.3. The third-order valence-electron chi connectivity index (χ3n) is 5.42. The van der Waals surface area contributed by atoms with Gasteiger partial charge in [0, 0.05) is 12.1 Å². The van der Waals surface area contributed by atoms with E-state index in [4.69, 9.17) is 4.74 Å². The Morgan fingerprint density at radius 3 is 1.91 bits per heavy atom. The second kappa shape index (κ2) is 9.36. The summed E-state index contributed by atoms with van der Waals surface area (Å²) in [7, 11) is -3.50. The van der Waals surface area contributed by atoms with E-state index in [1.165, 1.54) is 4.90 Å². The molecular weight excluding hydrogens is 426 g/mol. The first kappa shape index (κ1) is 21.8. The van der Waals surface area contributed by atoms with Crippen LogP contribution in [0.4, 0.5) is 0 Å². The summed E-state index contributed by atoms with van der Waals surface area (Å²) in [6, 6.07) is 25.7. The third kappa shape index (κ3) is 5.06. The first-order valence-corrected chi connectivity index (χ1v) is 12.1. The number of amides is 1. The third-order valence-corrected chi connectivity index (χ3v) is 7.10. The van der Waals surface area contributed by atoms with Crippen LogP contribution in [0.3, 0.4) is 0 Å². The van der Waals surface area contributed by atoms with E-state index in [1.807, 2.05) is 36.4 Å². The molecule has 0 N–H and O–H groups in total. The Bertz CT molecular complexity index is 1180. The molecule has 7 heteroatoms. The molecule has 1 fully saturated rings. The highest BCUT2D eigenvalue weighted by Crippen LogP contribution is 2.26. The molecule has 0 radical (unpaired) electrons. The van der Waals surface area contributed by atoms with Crippen LogP contribution in [0.5, 0.6) is 0 Å². The van der Waals surface area contributed by atoms with Gasteiger partial charge in [-0.1, -0.05) is 66.7 Å². The number of nitrogens with zero attached hydrogens (tertiary/aromatic N) is 1. The zero-order valence-corrected chi connectivity index (χ0v) is 18.1. The van der Waals surface area contributed by atoms with Crippen molar-refractivity contribution in [3.8, 4) is 0 Å². The van der Waals surface area contributed by atoms with Crippen molar-refractivity contribution in [2.24, 2.45) is 0 Å². The molecule has 1 aliphatic rings. The van der Waals surface area contributed by atoms with Crippen LogP contribution in [0.15, 0.2) is 91.0 Å². The highest BCUT2D eigenvalue weighted by Gasteiger charge is 2.45. The summed E-state index contributed by atoms with van der Waals surface area (Å²) in [6.07, 6.45) is -0.955. The quantitative estimate of drug-likeness (QED) is 0.539. The summed E-state index contributed by atoms with van der Waals surface area (Å²) in [5.74, 6) is -1.49. The molecule has 3 aromatic carbocycles. The molecule has 1 aliphatic heterocycles. The molecule has 0 unspecified atom stereocenters. The Balaban J connectivity index is 1.66. The van der Waals surface area contributed by atoms with Gasteiger partial charge in [-0.25, -0.2) is 13.2 Å². The van der Waals surface area contributed by atoms with Crippen molar-refractivity contribution < 1.29 is 22.7 Å². The number of ether oxygens (including phenoxy) is 1. The van der Waals surface area contributed by atoms with Gasteiger partial charge >= 0.3 is 5.97 Å². The molecule has 3 aromatic rings.